The smallest absolute Gasteiger partial charge is 0.132 e. The van der Waals surface area contributed by atoms with Crippen molar-refractivity contribution >= 4 is 6.21 Å². The maximum Gasteiger partial charge on any atom is 0.132 e. The second kappa shape index (κ2) is 9.04. The lowest BCUT2D eigenvalue weighted by Crippen LogP contribution is -2.04. The number of nitrogens with one attached hydrogen (secondary N) is 1. The molecule has 3 nitrogen and oxygen atoms in total. The Morgan fingerprint density at radius 3 is 1.78 bits per heavy atom. The molecule has 0 amide bonds. The molecule has 3 aromatic rings. The summed E-state index contributed by atoms with van der Waals surface area (Å²) in [4.78, 5) is 0. The molecular weight excluding hydrogens is 334 g/mol. The summed E-state index contributed by atoms with van der Waals surface area (Å²) >= 11 is 0. The van der Waals surface area contributed by atoms with Crippen molar-refractivity contribution in [2.24, 2.45) is 0 Å². The Balaban J connectivity index is 1.84. The van der Waals surface area contributed by atoms with Crippen LogP contribution in [0.3, 0.4) is 0 Å². The third-order valence-corrected chi connectivity index (χ3v) is 4.39. The van der Waals surface area contributed by atoms with E-state index in [4.69, 9.17) is 14.9 Å². The molecule has 3 aromatic carbocycles. The van der Waals surface area contributed by atoms with Crippen LogP contribution in [-0.2, 0) is 13.2 Å². The molecule has 0 heterocycles. The monoisotopic (exact) mass is 359 g/mol. The molecule has 0 saturated heterocycles. The van der Waals surface area contributed by atoms with Gasteiger partial charge in [0.05, 0.1) is 0 Å². The summed E-state index contributed by atoms with van der Waals surface area (Å²) in [5.74, 6) is 1.77. The molecule has 0 unspecified atom stereocenters. The fourth-order valence-electron chi connectivity index (χ4n) is 2.88. The lowest BCUT2D eigenvalue weighted by molar-refractivity contribution is 0.287. The first-order valence-electron chi connectivity index (χ1n) is 9.19. The van der Waals surface area contributed by atoms with Crippen LogP contribution in [0.1, 0.15) is 42.0 Å². The molecule has 0 aromatic heterocycles. The summed E-state index contributed by atoms with van der Waals surface area (Å²) in [5.41, 5.74) is 4.06. The van der Waals surface area contributed by atoms with E-state index in [2.05, 4.69) is 13.8 Å². The van der Waals surface area contributed by atoms with Gasteiger partial charge in [0.1, 0.15) is 24.7 Å². The summed E-state index contributed by atoms with van der Waals surface area (Å²) < 4.78 is 12.1. The van der Waals surface area contributed by atoms with Crippen LogP contribution in [0, 0.1) is 5.41 Å². The molecule has 0 aliphatic rings. The average molecular weight is 359 g/mol. The SMILES string of the molecule is CC(C)c1cc(C=N)c(OCc2ccccc2)cc1OCc1ccccc1. The molecule has 27 heavy (non-hydrogen) atoms. The highest BCUT2D eigenvalue weighted by molar-refractivity contribution is 5.82. The van der Waals surface area contributed by atoms with Gasteiger partial charge < -0.3 is 14.9 Å². The Hall–Kier alpha value is -3.07. The second-order valence-corrected chi connectivity index (χ2v) is 6.78. The van der Waals surface area contributed by atoms with Gasteiger partial charge in [0.2, 0.25) is 0 Å². The summed E-state index contributed by atoms with van der Waals surface area (Å²) in [6.07, 6.45) is 1.34. The topological polar surface area (TPSA) is 42.3 Å². The lowest BCUT2D eigenvalue weighted by Gasteiger charge is -2.18. The van der Waals surface area contributed by atoms with Gasteiger partial charge >= 0.3 is 0 Å². The first kappa shape index (κ1) is 18.7. The van der Waals surface area contributed by atoms with Crippen LogP contribution >= 0.6 is 0 Å². The van der Waals surface area contributed by atoms with Gasteiger partial charge in [-0.1, -0.05) is 74.5 Å². The van der Waals surface area contributed by atoms with Crippen molar-refractivity contribution in [3.63, 3.8) is 0 Å². The van der Waals surface area contributed by atoms with E-state index in [1.807, 2.05) is 72.8 Å². The van der Waals surface area contributed by atoms with Gasteiger partial charge in [-0.15, -0.1) is 0 Å². The Bertz CT molecular complexity index is 874. The van der Waals surface area contributed by atoms with E-state index in [9.17, 15) is 0 Å². The number of benzene rings is 3. The van der Waals surface area contributed by atoms with Crippen LogP contribution < -0.4 is 9.47 Å². The minimum atomic E-state index is 0.289. The van der Waals surface area contributed by atoms with Crippen molar-refractivity contribution in [1.82, 2.24) is 0 Å². The van der Waals surface area contributed by atoms with Crippen LogP contribution in [0.15, 0.2) is 72.8 Å². The van der Waals surface area contributed by atoms with Gasteiger partial charge in [-0.3, -0.25) is 0 Å². The fourth-order valence-corrected chi connectivity index (χ4v) is 2.88. The maximum atomic E-state index is 7.77. The largest absolute Gasteiger partial charge is 0.488 e. The molecule has 0 aliphatic heterocycles. The standard InChI is InChI=1S/C24H25NO2/c1-18(2)22-13-21(15-25)23(26-16-19-9-5-3-6-10-19)14-24(22)27-17-20-11-7-4-8-12-20/h3-15,18,25H,16-17H2,1-2H3. The van der Waals surface area contributed by atoms with E-state index >= 15 is 0 Å². The molecule has 138 valence electrons. The van der Waals surface area contributed by atoms with Crippen molar-refractivity contribution < 1.29 is 9.47 Å². The lowest BCUT2D eigenvalue weighted by atomic mass is 9.99. The number of hydrogen-bond donors (Lipinski definition) is 1. The molecule has 3 heteroatoms. The van der Waals surface area contributed by atoms with Crippen LogP contribution in [0.4, 0.5) is 0 Å². The second-order valence-electron chi connectivity index (χ2n) is 6.78. The first-order chi connectivity index (χ1) is 13.2. The van der Waals surface area contributed by atoms with Crippen LogP contribution in [0.25, 0.3) is 0 Å². The van der Waals surface area contributed by atoms with Crippen molar-refractivity contribution in [3.05, 3.63) is 95.1 Å². The van der Waals surface area contributed by atoms with Gasteiger partial charge in [-0.2, -0.15) is 0 Å². The van der Waals surface area contributed by atoms with Gasteiger partial charge in [0.15, 0.2) is 0 Å². The van der Waals surface area contributed by atoms with E-state index in [0.29, 0.717) is 19.0 Å². The molecule has 0 fully saturated rings. The first-order valence-corrected chi connectivity index (χ1v) is 9.19. The van der Waals surface area contributed by atoms with Crippen molar-refractivity contribution in [2.45, 2.75) is 33.0 Å². The number of rotatable bonds is 8. The minimum Gasteiger partial charge on any atom is -0.488 e. The predicted octanol–water partition coefficient (Wildman–Crippen LogP) is 5.97. The van der Waals surface area contributed by atoms with E-state index in [1.165, 1.54) is 6.21 Å². The van der Waals surface area contributed by atoms with E-state index in [-0.39, 0.29) is 5.92 Å². The molecule has 0 aliphatic carbocycles. The van der Waals surface area contributed by atoms with E-state index < -0.39 is 0 Å². The van der Waals surface area contributed by atoms with Crippen LogP contribution in [0.2, 0.25) is 0 Å². The quantitative estimate of drug-likeness (QED) is 0.504. The predicted molar refractivity (Wildman–Crippen MR) is 110 cm³/mol. The zero-order valence-corrected chi connectivity index (χ0v) is 15.8. The number of ether oxygens (including phenoxy) is 2. The Morgan fingerprint density at radius 2 is 1.30 bits per heavy atom. The highest BCUT2D eigenvalue weighted by Crippen LogP contribution is 2.34. The molecule has 1 N–H and O–H groups in total. The summed E-state index contributed by atoms with van der Waals surface area (Å²) in [6.45, 7) is 5.22. The van der Waals surface area contributed by atoms with Crippen molar-refractivity contribution in [2.75, 3.05) is 0 Å². The highest BCUT2D eigenvalue weighted by atomic mass is 16.5. The fraction of sp³-hybridized carbons (Fsp3) is 0.208. The van der Waals surface area contributed by atoms with E-state index in [0.717, 1.165) is 28.0 Å². The van der Waals surface area contributed by atoms with Gasteiger partial charge in [0, 0.05) is 17.8 Å². The van der Waals surface area contributed by atoms with Gasteiger partial charge in [0.25, 0.3) is 0 Å². The molecule has 0 bridgehead atoms. The molecule has 3 rings (SSSR count). The van der Waals surface area contributed by atoms with Gasteiger partial charge in [-0.25, -0.2) is 0 Å². The normalized spacial score (nSPS) is 10.6. The average Bonchev–Trinajstić information content (AvgIpc) is 2.71. The van der Waals surface area contributed by atoms with Gasteiger partial charge in [-0.05, 0) is 28.7 Å². The van der Waals surface area contributed by atoms with Crippen molar-refractivity contribution in [3.8, 4) is 11.5 Å². The molecule has 0 spiro atoms. The van der Waals surface area contributed by atoms with Crippen LogP contribution in [0.5, 0.6) is 11.5 Å². The molecule has 0 radical (unpaired) electrons. The summed E-state index contributed by atoms with van der Waals surface area (Å²) in [6, 6.07) is 24.1. The maximum absolute atomic E-state index is 7.77. The van der Waals surface area contributed by atoms with E-state index in [1.54, 1.807) is 0 Å². The Labute approximate surface area is 161 Å². The summed E-state index contributed by atoms with van der Waals surface area (Å²) in [7, 11) is 0. The molecule has 0 saturated carbocycles. The zero-order chi connectivity index (χ0) is 19.1. The van der Waals surface area contributed by atoms with Crippen molar-refractivity contribution in [1.29, 1.82) is 5.41 Å². The highest BCUT2D eigenvalue weighted by Gasteiger charge is 2.14. The molecular formula is C24H25NO2. The Morgan fingerprint density at radius 1 is 0.778 bits per heavy atom. The zero-order valence-electron chi connectivity index (χ0n) is 15.8. The Kier molecular flexibility index (Phi) is 6.26. The number of hydrogen-bond acceptors (Lipinski definition) is 3. The third kappa shape index (κ3) is 4.98. The minimum absolute atomic E-state index is 0.289. The summed E-state index contributed by atoms with van der Waals surface area (Å²) in [5, 5.41) is 7.77. The molecule has 0 atom stereocenters. The van der Waals surface area contributed by atoms with Crippen LogP contribution in [-0.4, -0.2) is 6.21 Å². The third-order valence-electron chi connectivity index (χ3n) is 4.39.